The van der Waals surface area contributed by atoms with E-state index in [0.29, 0.717) is 0 Å². The second-order valence-electron chi connectivity index (χ2n) is 7.68. The number of methoxy groups -OCH3 is 1. The number of thioether (sulfide) groups is 1. The van der Waals surface area contributed by atoms with Crippen LogP contribution in [0.5, 0.6) is 5.75 Å². The molecule has 0 saturated carbocycles. The van der Waals surface area contributed by atoms with E-state index in [4.69, 9.17) is 9.72 Å². The van der Waals surface area contributed by atoms with Crippen molar-refractivity contribution in [1.29, 1.82) is 0 Å². The van der Waals surface area contributed by atoms with Crippen molar-refractivity contribution in [3.05, 3.63) is 66.0 Å². The molecule has 0 bridgehead atoms. The molecule has 0 aliphatic carbocycles. The summed E-state index contributed by atoms with van der Waals surface area (Å²) in [6.07, 6.45) is 0. The van der Waals surface area contributed by atoms with Crippen LogP contribution in [0.1, 0.15) is 18.3 Å². The summed E-state index contributed by atoms with van der Waals surface area (Å²) in [5.74, 6) is 0.669. The van der Waals surface area contributed by atoms with Gasteiger partial charge in [-0.1, -0.05) is 42.1 Å². The van der Waals surface area contributed by atoms with E-state index >= 15 is 0 Å². The van der Waals surface area contributed by atoms with Crippen LogP contribution < -0.4 is 10.1 Å². The maximum atomic E-state index is 12.9. The number of nitrogens with one attached hydrogen (secondary N) is 1. The molecule has 2 aromatic heterocycles. The van der Waals surface area contributed by atoms with Crippen LogP contribution in [0.25, 0.3) is 22.0 Å². The molecule has 0 radical (unpaired) electrons. The molecule has 32 heavy (non-hydrogen) atoms. The van der Waals surface area contributed by atoms with Crippen molar-refractivity contribution in [2.45, 2.75) is 31.0 Å². The summed E-state index contributed by atoms with van der Waals surface area (Å²) < 4.78 is 7.17. The first-order valence-corrected chi connectivity index (χ1v) is 11.3. The zero-order chi connectivity index (χ0) is 22.8. The fraction of sp³-hybridized carbons (Fsp3) is 0.240. The SMILES string of the molecule is COc1ccc2c(-c3ccccc3)cc(S[C@H](C)C(=O)Nc3c(C)nn(C)c3C)nc2c1. The normalized spacial score (nSPS) is 12.0. The lowest BCUT2D eigenvalue weighted by atomic mass is 10.0. The summed E-state index contributed by atoms with van der Waals surface area (Å²) in [5, 5.41) is 8.89. The second kappa shape index (κ2) is 9.04. The maximum absolute atomic E-state index is 12.9. The summed E-state index contributed by atoms with van der Waals surface area (Å²) in [6.45, 7) is 5.73. The van der Waals surface area contributed by atoms with Crippen molar-refractivity contribution in [3.63, 3.8) is 0 Å². The highest BCUT2D eigenvalue weighted by molar-refractivity contribution is 8.00. The number of amides is 1. The molecule has 4 rings (SSSR count). The predicted octanol–water partition coefficient (Wildman–Crippen LogP) is 5.38. The van der Waals surface area contributed by atoms with Gasteiger partial charge in [0.05, 0.1) is 40.0 Å². The predicted molar refractivity (Wildman–Crippen MR) is 130 cm³/mol. The third-order valence-corrected chi connectivity index (χ3v) is 6.52. The first-order chi connectivity index (χ1) is 15.4. The monoisotopic (exact) mass is 446 g/mol. The average Bonchev–Trinajstić information content (AvgIpc) is 3.04. The highest BCUT2D eigenvalue weighted by atomic mass is 32.2. The van der Waals surface area contributed by atoms with Gasteiger partial charge in [-0.05, 0) is 50.1 Å². The van der Waals surface area contributed by atoms with Gasteiger partial charge in [0.25, 0.3) is 0 Å². The van der Waals surface area contributed by atoms with E-state index < -0.39 is 0 Å². The summed E-state index contributed by atoms with van der Waals surface area (Å²) in [5.41, 5.74) is 5.51. The van der Waals surface area contributed by atoms with Gasteiger partial charge < -0.3 is 10.1 Å². The molecule has 1 atom stereocenters. The molecule has 2 aromatic carbocycles. The van der Waals surface area contributed by atoms with Gasteiger partial charge in [0.1, 0.15) is 5.75 Å². The molecule has 0 unspecified atom stereocenters. The number of hydrogen-bond donors (Lipinski definition) is 1. The Morgan fingerprint density at radius 3 is 2.53 bits per heavy atom. The van der Waals surface area contributed by atoms with E-state index in [9.17, 15) is 4.79 Å². The van der Waals surface area contributed by atoms with E-state index in [0.717, 1.165) is 49.9 Å². The van der Waals surface area contributed by atoms with Crippen molar-refractivity contribution in [1.82, 2.24) is 14.8 Å². The first-order valence-electron chi connectivity index (χ1n) is 10.4. The summed E-state index contributed by atoms with van der Waals surface area (Å²) in [6, 6.07) is 18.2. The number of carbonyl (C=O) groups is 1. The fourth-order valence-corrected chi connectivity index (χ4v) is 4.51. The number of aromatic nitrogens is 3. The Morgan fingerprint density at radius 2 is 1.88 bits per heavy atom. The Morgan fingerprint density at radius 1 is 1.12 bits per heavy atom. The highest BCUT2D eigenvalue weighted by Gasteiger charge is 2.20. The Bertz CT molecular complexity index is 1280. The molecular weight excluding hydrogens is 420 g/mol. The molecule has 6 nitrogen and oxygen atoms in total. The number of nitrogens with zero attached hydrogens (tertiary/aromatic N) is 3. The third-order valence-electron chi connectivity index (χ3n) is 5.50. The van der Waals surface area contributed by atoms with Crippen LogP contribution in [0.2, 0.25) is 0 Å². The van der Waals surface area contributed by atoms with Gasteiger partial charge in [0.2, 0.25) is 5.91 Å². The van der Waals surface area contributed by atoms with Gasteiger partial charge in [-0.3, -0.25) is 9.48 Å². The van der Waals surface area contributed by atoms with E-state index in [1.54, 1.807) is 11.8 Å². The molecule has 1 N–H and O–H groups in total. The molecule has 0 aliphatic heterocycles. The highest BCUT2D eigenvalue weighted by Crippen LogP contribution is 2.34. The molecule has 4 aromatic rings. The van der Waals surface area contributed by atoms with E-state index in [1.165, 1.54) is 11.8 Å². The maximum Gasteiger partial charge on any atom is 0.237 e. The fourth-order valence-electron chi connectivity index (χ4n) is 3.64. The minimum absolute atomic E-state index is 0.0806. The Labute approximate surface area is 192 Å². The van der Waals surface area contributed by atoms with Crippen molar-refractivity contribution in [2.24, 2.45) is 7.05 Å². The molecule has 0 aliphatic rings. The van der Waals surface area contributed by atoms with Gasteiger partial charge in [-0.25, -0.2) is 4.98 Å². The van der Waals surface area contributed by atoms with Gasteiger partial charge >= 0.3 is 0 Å². The molecule has 0 spiro atoms. The third kappa shape index (κ3) is 4.34. The van der Waals surface area contributed by atoms with Gasteiger partial charge in [0, 0.05) is 18.5 Å². The molecule has 2 heterocycles. The van der Waals surface area contributed by atoms with Gasteiger partial charge in [0.15, 0.2) is 0 Å². The van der Waals surface area contributed by atoms with Crippen LogP contribution in [-0.4, -0.2) is 33.0 Å². The Kier molecular flexibility index (Phi) is 6.19. The van der Waals surface area contributed by atoms with Crippen LogP contribution in [0.4, 0.5) is 5.69 Å². The second-order valence-corrected chi connectivity index (χ2v) is 9.04. The number of carbonyl (C=O) groups excluding carboxylic acids is 1. The van der Waals surface area contributed by atoms with Crippen molar-refractivity contribution >= 4 is 34.3 Å². The molecule has 1 amide bonds. The van der Waals surface area contributed by atoms with E-state index in [-0.39, 0.29) is 11.2 Å². The average molecular weight is 447 g/mol. The summed E-state index contributed by atoms with van der Waals surface area (Å²) >= 11 is 1.44. The summed E-state index contributed by atoms with van der Waals surface area (Å²) in [4.78, 5) is 17.8. The number of anilines is 1. The number of pyridine rings is 1. The number of fused-ring (bicyclic) bond motifs is 1. The lowest BCUT2D eigenvalue weighted by Gasteiger charge is -2.14. The van der Waals surface area contributed by atoms with Crippen molar-refractivity contribution in [3.8, 4) is 16.9 Å². The minimum atomic E-state index is -0.340. The standard InChI is InChI=1S/C25H26N4O2S/c1-15-24(16(2)29(4)28-15)27-25(30)17(3)32-23-14-21(18-9-7-6-8-10-18)20-12-11-19(31-5)13-22(20)26-23/h6-14,17H,1-5H3,(H,27,30)/t17-/m1/s1. The van der Waals surface area contributed by atoms with Crippen LogP contribution in [0.15, 0.2) is 59.6 Å². The molecule has 164 valence electrons. The molecule has 0 saturated heterocycles. The number of ether oxygens (including phenoxy) is 1. The zero-order valence-electron chi connectivity index (χ0n) is 18.8. The van der Waals surface area contributed by atoms with Crippen LogP contribution in [0.3, 0.4) is 0 Å². The van der Waals surface area contributed by atoms with E-state index in [1.807, 2.05) is 64.2 Å². The van der Waals surface area contributed by atoms with Crippen LogP contribution in [-0.2, 0) is 11.8 Å². The molecule has 0 fully saturated rings. The number of hydrogen-bond acceptors (Lipinski definition) is 5. The van der Waals surface area contributed by atoms with Gasteiger partial charge in [-0.2, -0.15) is 5.10 Å². The summed E-state index contributed by atoms with van der Waals surface area (Å²) in [7, 11) is 3.52. The molecular formula is C25H26N4O2S. The van der Waals surface area contributed by atoms with Crippen LogP contribution in [0, 0.1) is 13.8 Å². The smallest absolute Gasteiger partial charge is 0.237 e. The number of benzene rings is 2. The number of rotatable bonds is 6. The topological polar surface area (TPSA) is 69.0 Å². The van der Waals surface area contributed by atoms with Crippen LogP contribution >= 0.6 is 11.8 Å². The van der Waals surface area contributed by atoms with Crippen molar-refractivity contribution in [2.75, 3.05) is 12.4 Å². The zero-order valence-corrected chi connectivity index (χ0v) is 19.7. The first kappa shape index (κ1) is 21.9. The lowest BCUT2D eigenvalue weighted by molar-refractivity contribution is -0.115. The Balaban J connectivity index is 1.66. The minimum Gasteiger partial charge on any atom is -0.497 e. The quantitative estimate of drug-likeness (QED) is 0.403. The molecule has 7 heteroatoms. The van der Waals surface area contributed by atoms with Crippen molar-refractivity contribution < 1.29 is 9.53 Å². The van der Waals surface area contributed by atoms with E-state index in [2.05, 4.69) is 28.6 Å². The lowest BCUT2D eigenvalue weighted by Crippen LogP contribution is -2.23. The Hall–Kier alpha value is -3.32. The van der Waals surface area contributed by atoms with Gasteiger partial charge in [-0.15, -0.1) is 0 Å². The number of aryl methyl sites for hydroxylation is 2. The largest absolute Gasteiger partial charge is 0.497 e.